The van der Waals surface area contributed by atoms with Crippen molar-refractivity contribution in [1.82, 2.24) is 4.31 Å². The van der Waals surface area contributed by atoms with Crippen LogP contribution in [-0.2, 0) is 21.3 Å². The van der Waals surface area contributed by atoms with Gasteiger partial charge in [-0.2, -0.15) is 0 Å². The summed E-state index contributed by atoms with van der Waals surface area (Å²) in [6, 6.07) is 6.72. The summed E-state index contributed by atoms with van der Waals surface area (Å²) < 4.78 is 31.7. The Morgan fingerprint density at radius 2 is 2.05 bits per heavy atom. The number of rotatable bonds is 3. The van der Waals surface area contributed by atoms with Crippen LogP contribution in [0.4, 0.5) is 0 Å². The average molecular weight is 280 g/mol. The molecule has 1 unspecified atom stereocenters. The Bertz CT molecular complexity index is 607. The number of sulfonamides is 1. The molecule has 0 amide bonds. The molecule has 1 fully saturated rings. The number of fused-ring (bicyclic) bond motifs is 1. The second kappa shape index (κ2) is 4.63. The summed E-state index contributed by atoms with van der Waals surface area (Å²) in [5, 5.41) is 0. The van der Waals surface area contributed by atoms with Gasteiger partial charge >= 0.3 is 0 Å². The zero-order chi connectivity index (χ0) is 13.5. The molecule has 0 aromatic heterocycles. The minimum atomic E-state index is -3.45. The van der Waals surface area contributed by atoms with Gasteiger partial charge in [-0.1, -0.05) is 12.1 Å². The Balaban J connectivity index is 1.88. The first kappa shape index (κ1) is 12.7. The molecule has 19 heavy (non-hydrogen) atoms. The molecule has 2 heterocycles. The Morgan fingerprint density at radius 1 is 1.32 bits per heavy atom. The Labute approximate surface area is 112 Å². The normalized spacial score (nSPS) is 22.5. The molecule has 1 saturated heterocycles. The van der Waals surface area contributed by atoms with Crippen LogP contribution in [0.1, 0.15) is 5.56 Å². The molecule has 3 rings (SSSR count). The minimum absolute atomic E-state index is 0.220. The molecule has 6 heteroatoms. The molecule has 2 aliphatic rings. The van der Waals surface area contributed by atoms with Crippen LogP contribution in [0, 0.1) is 5.92 Å². The summed E-state index contributed by atoms with van der Waals surface area (Å²) in [5.41, 5.74) is 7.50. The van der Waals surface area contributed by atoms with E-state index in [1.165, 1.54) is 4.31 Å². The van der Waals surface area contributed by atoms with E-state index in [1.54, 1.807) is 30.5 Å². The molecule has 0 spiro atoms. The van der Waals surface area contributed by atoms with Crippen LogP contribution in [0.3, 0.4) is 0 Å². The van der Waals surface area contributed by atoms with Crippen molar-refractivity contribution in [2.24, 2.45) is 11.7 Å². The molecule has 102 valence electrons. The third-order valence-electron chi connectivity index (χ3n) is 3.59. The maximum atomic E-state index is 12.5. The number of hydrogen-bond acceptors (Lipinski definition) is 4. The SMILES string of the molecule is NCc1ccc(S(=O)(=O)N2C=C3COCC3C2)cc1. The van der Waals surface area contributed by atoms with E-state index in [1.807, 2.05) is 0 Å². The van der Waals surface area contributed by atoms with Gasteiger partial charge in [-0.15, -0.1) is 0 Å². The third kappa shape index (κ3) is 2.16. The predicted molar refractivity (Wildman–Crippen MR) is 70.6 cm³/mol. The van der Waals surface area contributed by atoms with Gasteiger partial charge in [0.25, 0.3) is 10.0 Å². The van der Waals surface area contributed by atoms with E-state index in [-0.39, 0.29) is 5.92 Å². The summed E-state index contributed by atoms with van der Waals surface area (Å²) in [4.78, 5) is 0.308. The highest BCUT2D eigenvalue weighted by atomic mass is 32.2. The summed E-state index contributed by atoms with van der Waals surface area (Å²) in [5.74, 6) is 0.220. The van der Waals surface area contributed by atoms with Gasteiger partial charge in [0.1, 0.15) is 0 Å². The van der Waals surface area contributed by atoms with Gasteiger partial charge in [0.15, 0.2) is 0 Å². The van der Waals surface area contributed by atoms with Gasteiger partial charge in [0, 0.05) is 25.2 Å². The van der Waals surface area contributed by atoms with Crippen molar-refractivity contribution in [1.29, 1.82) is 0 Å². The van der Waals surface area contributed by atoms with Crippen molar-refractivity contribution in [3.05, 3.63) is 41.6 Å². The molecule has 0 aliphatic carbocycles. The van der Waals surface area contributed by atoms with Crippen molar-refractivity contribution in [3.63, 3.8) is 0 Å². The number of hydrogen-bond donors (Lipinski definition) is 1. The van der Waals surface area contributed by atoms with E-state index >= 15 is 0 Å². The van der Waals surface area contributed by atoms with Crippen molar-refractivity contribution < 1.29 is 13.2 Å². The maximum Gasteiger partial charge on any atom is 0.263 e. The van der Waals surface area contributed by atoms with Crippen molar-refractivity contribution in [2.45, 2.75) is 11.4 Å². The monoisotopic (exact) mass is 280 g/mol. The van der Waals surface area contributed by atoms with Crippen molar-refractivity contribution >= 4 is 10.0 Å². The molecule has 1 aromatic rings. The predicted octanol–water partition coefficient (Wildman–Crippen LogP) is 0.680. The molecule has 1 aromatic carbocycles. The van der Waals surface area contributed by atoms with Gasteiger partial charge in [-0.25, -0.2) is 8.42 Å². The van der Waals surface area contributed by atoms with Crippen molar-refractivity contribution in [2.75, 3.05) is 19.8 Å². The zero-order valence-corrected chi connectivity index (χ0v) is 11.3. The van der Waals surface area contributed by atoms with Crippen LogP contribution in [0.5, 0.6) is 0 Å². The summed E-state index contributed by atoms with van der Waals surface area (Å²) in [6.07, 6.45) is 1.71. The van der Waals surface area contributed by atoms with Crippen LogP contribution in [0.15, 0.2) is 40.9 Å². The van der Waals surface area contributed by atoms with Crippen LogP contribution in [-0.4, -0.2) is 32.5 Å². The van der Waals surface area contributed by atoms with Gasteiger partial charge in [0.05, 0.1) is 18.1 Å². The van der Waals surface area contributed by atoms with E-state index in [0.717, 1.165) is 11.1 Å². The fraction of sp³-hybridized carbons (Fsp3) is 0.385. The number of nitrogens with zero attached hydrogens (tertiary/aromatic N) is 1. The average Bonchev–Trinajstić information content (AvgIpc) is 2.99. The number of benzene rings is 1. The standard InChI is InChI=1S/C13H16N2O3S/c14-5-10-1-3-13(4-2-10)19(16,17)15-6-11-8-18-9-12(11)7-15/h1-4,6,12H,5,7-9,14H2. The van der Waals surface area contributed by atoms with Crippen LogP contribution >= 0.6 is 0 Å². The fourth-order valence-corrected chi connectivity index (χ4v) is 3.81. The first-order chi connectivity index (χ1) is 9.11. The van der Waals surface area contributed by atoms with Crippen LogP contribution < -0.4 is 5.73 Å². The van der Waals surface area contributed by atoms with E-state index in [2.05, 4.69) is 0 Å². The largest absolute Gasteiger partial charge is 0.376 e. The molecular formula is C13H16N2O3S. The van der Waals surface area contributed by atoms with Gasteiger partial charge in [0.2, 0.25) is 0 Å². The minimum Gasteiger partial charge on any atom is -0.376 e. The van der Waals surface area contributed by atoms with Gasteiger partial charge < -0.3 is 10.5 Å². The molecule has 2 aliphatic heterocycles. The van der Waals surface area contributed by atoms with Crippen LogP contribution in [0.2, 0.25) is 0 Å². The Hall–Kier alpha value is -1.37. The molecule has 1 atom stereocenters. The highest BCUT2D eigenvalue weighted by Crippen LogP contribution is 2.31. The molecule has 2 N–H and O–H groups in total. The molecular weight excluding hydrogens is 264 g/mol. The van der Waals surface area contributed by atoms with E-state index < -0.39 is 10.0 Å². The lowest BCUT2D eigenvalue weighted by molar-refractivity contribution is 0.183. The molecule has 0 bridgehead atoms. The Morgan fingerprint density at radius 3 is 2.68 bits per heavy atom. The second-order valence-corrected chi connectivity index (χ2v) is 6.73. The lowest BCUT2D eigenvalue weighted by Crippen LogP contribution is -2.27. The third-order valence-corrected chi connectivity index (χ3v) is 5.33. The van der Waals surface area contributed by atoms with Gasteiger partial charge in [-0.05, 0) is 23.3 Å². The first-order valence-corrected chi connectivity index (χ1v) is 7.64. The Kier molecular flexibility index (Phi) is 3.08. The van der Waals surface area contributed by atoms with Gasteiger partial charge in [-0.3, -0.25) is 4.31 Å². The second-order valence-electron chi connectivity index (χ2n) is 4.84. The smallest absolute Gasteiger partial charge is 0.263 e. The topological polar surface area (TPSA) is 72.6 Å². The lowest BCUT2D eigenvalue weighted by Gasteiger charge is -2.18. The van der Waals surface area contributed by atoms with E-state index in [0.29, 0.717) is 31.2 Å². The highest BCUT2D eigenvalue weighted by Gasteiger charge is 2.35. The summed E-state index contributed by atoms with van der Waals surface area (Å²) >= 11 is 0. The lowest BCUT2D eigenvalue weighted by atomic mass is 10.1. The number of ether oxygens (including phenoxy) is 1. The van der Waals surface area contributed by atoms with E-state index in [4.69, 9.17) is 10.5 Å². The van der Waals surface area contributed by atoms with E-state index in [9.17, 15) is 8.42 Å². The fourth-order valence-electron chi connectivity index (χ4n) is 2.41. The molecule has 0 saturated carbocycles. The van der Waals surface area contributed by atoms with Crippen LogP contribution in [0.25, 0.3) is 0 Å². The summed E-state index contributed by atoms with van der Waals surface area (Å²) in [6.45, 7) is 2.05. The molecule has 5 nitrogen and oxygen atoms in total. The number of nitrogens with two attached hydrogens (primary N) is 1. The maximum absolute atomic E-state index is 12.5. The summed E-state index contributed by atoms with van der Waals surface area (Å²) in [7, 11) is -3.45. The van der Waals surface area contributed by atoms with Crippen molar-refractivity contribution in [3.8, 4) is 0 Å². The zero-order valence-electron chi connectivity index (χ0n) is 10.5. The highest BCUT2D eigenvalue weighted by molar-refractivity contribution is 7.89. The first-order valence-electron chi connectivity index (χ1n) is 6.20. The molecule has 0 radical (unpaired) electrons. The quantitative estimate of drug-likeness (QED) is 0.883.